The number of carbonyl (C=O) groups is 1. The van der Waals surface area contributed by atoms with Crippen molar-refractivity contribution in [3.63, 3.8) is 0 Å². The number of hydrogen-bond acceptors (Lipinski definition) is 9. The number of benzene rings is 1. The molecule has 28 heavy (non-hydrogen) atoms. The number of rotatable bonds is 7. The van der Waals surface area contributed by atoms with Crippen molar-refractivity contribution in [2.75, 3.05) is 16.8 Å². The van der Waals surface area contributed by atoms with Crippen molar-refractivity contribution in [1.29, 1.82) is 0 Å². The van der Waals surface area contributed by atoms with E-state index in [2.05, 4.69) is 48.3 Å². The summed E-state index contributed by atoms with van der Waals surface area (Å²) in [6.07, 6.45) is 0. The monoisotopic (exact) mass is 431 g/mol. The third-order valence-corrected chi connectivity index (χ3v) is 6.62. The van der Waals surface area contributed by atoms with E-state index in [9.17, 15) is 4.79 Å². The van der Waals surface area contributed by atoms with Crippen LogP contribution in [0.15, 0.2) is 33.8 Å². The van der Waals surface area contributed by atoms with Crippen molar-refractivity contribution in [2.45, 2.75) is 29.9 Å². The minimum absolute atomic E-state index is 0.172. The maximum Gasteiger partial charge on any atom is 0.236 e. The molecule has 0 aliphatic rings. The van der Waals surface area contributed by atoms with E-state index >= 15 is 0 Å². The highest BCUT2D eigenvalue weighted by Crippen LogP contribution is 2.27. The molecule has 0 aliphatic carbocycles. The molecule has 0 spiro atoms. The Hall–Kier alpha value is -2.24. The molecule has 3 aromatic heterocycles. The van der Waals surface area contributed by atoms with Crippen molar-refractivity contribution >= 4 is 68.0 Å². The smallest absolute Gasteiger partial charge is 0.236 e. The molecular weight excluding hydrogens is 414 g/mol. The second-order valence-corrected chi connectivity index (χ2v) is 9.10. The lowest BCUT2D eigenvalue weighted by Crippen LogP contribution is -2.14. The number of aryl methyl sites for hydroxylation is 1. The van der Waals surface area contributed by atoms with Crippen molar-refractivity contribution in [3.05, 3.63) is 24.3 Å². The van der Waals surface area contributed by atoms with E-state index < -0.39 is 0 Å². The summed E-state index contributed by atoms with van der Waals surface area (Å²) in [6, 6.07) is 8.05. The van der Waals surface area contributed by atoms with Crippen LogP contribution in [0.3, 0.4) is 0 Å². The zero-order chi connectivity index (χ0) is 19.5. The fourth-order valence-electron chi connectivity index (χ4n) is 2.80. The lowest BCUT2D eigenvalue weighted by Gasteiger charge is -2.03. The topological polar surface area (TPSA) is 98.5 Å². The summed E-state index contributed by atoms with van der Waals surface area (Å²) in [5.74, 6) is 0.920. The average Bonchev–Trinajstić information content (AvgIpc) is 3.28. The Kier molecular flexibility index (Phi) is 5.74. The van der Waals surface area contributed by atoms with Gasteiger partial charge >= 0.3 is 0 Å². The summed E-state index contributed by atoms with van der Waals surface area (Å²) in [7, 11) is 0. The van der Waals surface area contributed by atoms with E-state index in [1.807, 2.05) is 25.1 Å². The molecule has 1 amide bonds. The van der Waals surface area contributed by atoms with E-state index in [1.54, 1.807) is 11.8 Å². The number of thioether (sulfide) groups is 2. The number of para-hydroxylation sites is 1. The highest BCUT2D eigenvalue weighted by molar-refractivity contribution is 8.01. The van der Waals surface area contributed by atoms with Crippen molar-refractivity contribution in [2.24, 2.45) is 0 Å². The second kappa shape index (κ2) is 8.41. The van der Waals surface area contributed by atoms with Crippen LogP contribution < -0.4 is 5.32 Å². The standard InChI is InChI=1S/C17H17N7OS3/c1-3-24-11-8-6-5-7-10(11)13-14(24)19-15(21-20-13)27-9-12(25)18-16-22-23-17(28-16)26-4-2/h5-8H,3-4,9H2,1-2H3,(H,18,22,25). The molecule has 4 aromatic rings. The first-order valence-electron chi connectivity index (χ1n) is 8.70. The molecular formula is C17H17N7OS3. The van der Waals surface area contributed by atoms with Gasteiger partial charge in [-0.1, -0.05) is 60.0 Å². The maximum absolute atomic E-state index is 12.2. The average molecular weight is 432 g/mol. The zero-order valence-electron chi connectivity index (χ0n) is 15.2. The normalized spacial score (nSPS) is 11.4. The molecule has 0 atom stereocenters. The van der Waals surface area contributed by atoms with Gasteiger partial charge in [-0.15, -0.1) is 20.4 Å². The van der Waals surface area contributed by atoms with Crippen LogP contribution in [-0.4, -0.2) is 47.4 Å². The predicted octanol–water partition coefficient (Wildman–Crippen LogP) is 3.69. The quantitative estimate of drug-likeness (QED) is 0.349. The SMILES string of the molecule is CCSc1nnc(NC(=O)CSc2nnc3c4ccccc4n(CC)c3n2)s1. The Labute approximate surface area is 173 Å². The summed E-state index contributed by atoms with van der Waals surface area (Å²) >= 11 is 4.22. The fraction of sp³-hybridized carbons (Fsp3) is 0.294. The largest absolute Gasteiger partial charge is 0.324 e. The minimum atomic E-state index is -0.172. The number of nitrogens with one attached hydrogen (secondary N) is 1. The van der Waals surface area contributed by atoms with Crippen LogP contribution in [0.1, 0.15) is 13.8 Å². The highest BCUT2D eigenvalue weighted by atomic mass is 32.2. The fourth-order valence-corrected chi connectivity index (χ4v) is 5.05. The van der Waals surface area contributed by atoms with Gasteiger partial charge in [0.05, 0.1) is 11.3 Å². The van der Waals surface area contributed by atoms with Gasteiger partial charge in [-0.3, -0.25) is 10.1 Å². The molecule has 1 N–H and O–H groups in total. The molecule has 3 heterocycles. The van der Waals surface area contributed by atoms with Crippen LogP contribution in [0.4, 0.5) is 5.13 Å². The maximum atomic E-state index is 12.2. The zero-order valence-corrected chi connectivity index (χ0v) is 17.7. The summed E-state index contributed by atoms with van der Waals surface area (Å²) in [4.78, 5) is 16.8. The Balaban J connectivity index is 1.48. The molecule has 0 radical (unpaired) electrons. The van der Waals surface area contributed by atoms with Crippen LogP contribution in [0.2, 0.25) is 0 Å². The van der Waals surface area contributed by atoms with Gasteiger partial charge in [0.1, 0.15) is 5.52 Å². The summed E-state index contributed by atoms with van der Waals surface area (Å²) in [5.41, 5.74) is 2.65. The number of amides is 1. The van der Waals surface area contributed by atoms with Gasteiger partial charge in [0, 0.05) is 11.9 Å². The Morgan fingerprint density at radius 2 is 2.00 bits per heavy atom. The van der Waals surface area contributed by atoms with Crippen LogP contribution >= 0.6 is 34.9 Å². The molecule has 0 bridgehead atoms. The number of hydrogen-bond donors (Lipinski definition) is 1. The molecule has 0 unspecified atom stereocenters. The number of aromatic nitrogens is 6. The van der Waals surface area contributed by atoms with Crippen molar-refractivity contribution in [3.8, 4) is 0 Å². The number of anilines is 1. The number of fused-ring (bicyclic) bond motifs is 3. The van der Waals surface area contributed by atoms with Crippen LogP contribution in [-0.2, 0) is 11.3 Å². The second-order valence-electron chi connectivity index (χ2n) is 5.67. The van der Waals surface area contributed by atoms with Crippen LogP contribution in [0, 0.1) is 0 Å². The lowest BCUT2D eigenvalue weighted by molar-refractivity contribution is -0.113. The Morgan fingerprint density at radius 3 is 2.82 bits per heavy atom. The summed E-state index contributed by atoms with van der Waals surface area (Å²) in [5, 5.41) is 21.3. The van der Waals surface area contributed by atoms with Gasteiger partial charge in [0.25, 0.3) is 0 Å². The van der Waals surface area contributed by atoms with Gasteiger partial charge in [0.2, 0.25) is 16.2 Å². The number of nitrogens with zero attached hydrogens (tertiary/aromatic N) is 6. The third-order valence-electron chi connectivity index (χ3n) is 3.92. The molecule has 11 heteroatoms. The minimum Gasteiger partial charge on any atom is -0.324 e. The molecule has 0 fully saturated rings. The predicted molar refractivity (Wildman–Crippen MR) is 114 cm³/mol. The van der Waals surface area contributed by atoms with Crippen molar-refractivity contribution < 1.29 is 4.79 Å². The highest BCUT2D eigenvalue weighted by Gasteiger charge is 2.15. The third kappa shape index (κ3) is 3.82. The van der Waals surface area contributed by atoms with E-state index in [-0.39, 0.29) is 11.7 Å². The number of carbonyl (C=O) groups excluding carboxylic acids is 1. The van der Waals surface area contributed by atoms with Gasteiger partial charge in [0.15, 0.2) is 9.99 Å². The van der Waals surface area contributed by atoms with Crippen LogP contribution in [0.25, 0.3) is 22.1 Å². The van der Waals surface area contributed by atoms with Gasteiger partial charge in [-0.25, -0.2) is 4.98 Å². The molecule has 144 valence electrons. The summed E-state index contributed by atoms with van der Waals surface area (Å²) in [6.45, 7) is 4.90. The van der Waals surface area contributed by atoms with E-state index in [4.69, 9.17) is 0 Å². The Morgan fingerprint density at radius 1 is 1.14 bits per heavy atom. The molecule has 4 rings (SSSR count). The molecule has 0 saturated heterocycles. The van der Waals surface area contributed by atoms with Gasteiger partial charge < -0.3 is 4.57 Å². The van der Waals surface area contributed by atoms with E-state index in [0.717, 1.165) is 38.7 Å². The first-order valence-corrected chi connectivity index (χ1v) is 11.5. The first kappa shape index (κ1) is 19.1. The first-order chi connectivity index (χ1) is 13.7. The van der Waals surface area contributed by atoms with E-state index in [0.29, 0.717) is 10.3 Å². The Bertz CT molecular complexity index is 1140. The lowest BCUT2D eigenvalue weighted by atomic mass is 10.2. The van der Waals surface area contributed by atoms with Crippen LogP contribution in [0.5, 0.6) is 0 Å². The van der Waals surface area contributed by atoms with Crippen molar-refractivity contribution in [1.82, 2.24) is 29.9 Å². The van der Waals surface area contributed by atoms with Gasteiger partial charge in [-0.05, 0) is 18.7 Å². The van der Waals surface area contributed by atoms with E-state index in [1.165, 1.54) is 23.1 Å². The van der Waals surface area contributed by atoms with Gasteiger partial charge in [-0.2, -0.15) is 0 Å². The molecule has 0 aliphatic heterocycles. The summed E-state index contributed by atoms with van der Waals surface area (Å²) < 4.78 is 2.95. The molecule has 1 aromatic carbocycles. The molecule has 0 saturated carbocycles. The molecule has 8 nitrogen and oxygen atoms in total.